The molecule has 0 saturated carbocycles. The van der Waals surface area contributed by atoms with Crippen molar-refractivity contribution in [3.63, 3.8) is 0 Å². The number of rotatable bonds is 8. The Hall–Kier alpha value is -4.79. The highest BCUT2D eigenvalue weighted by Crippen LogP contribution is 2.30. The lowest BCUT2D eigenvalue weighted by Crippen LogP contribution is -2.34. The largest absolute Gasteiger partial charge is 0.484 e. The molecule has 1 amide bonds. The van der Waals surface area contributed by atoms with E-state index in [2.05, 4.69) is 25.8 Å². The minimum Gasteiger partial charge on any atom is -0.484 e. The molecule has 0 bridgehead atoms. The summed E-state index contributed by atoms with van der Waals surface area (Å²) in [6.07, 6.45) is 3.59. The van der Waals surface area contributed by atoms with Crippen LogP contribution in [0.1, 0.15) is 13.8 Å². The summed E-state index contributed by atoms with van der Waals surface area (Å²) in [5.74, 6) is 0.846. The second-order valence-electron chi connectivity index (χ2n) is 8.79. The molecular weight excluding hydrogens is 471 g/mol. The maximum absolute atomic E-state index is 14.1. The fraction of sp³-hybridized carbons (Fsp3) is 0.143. The first kappa shape index (κ1) is 23.9. The molecule has 3 N–H and O–H groups in total. The van der Waals surface area contributed by atoms with E-state index in [1.54, 1.807) is 30.5 Å². The van der Waals surface area contributed by atoms with E-state index in [1.165, 1.54) is 12.1 Å². The molecule has 0 aliphatic carbocycles. The summed E-state index contributed by atoms with van der Waals surface area (Å²) in [6, 6.07) is 19.4. The summed E-state index contributed by atoms with van der Waals surface area (Å²) in [7, 11) is 0. The number of fused-ring (bicyclic) bond motifs is 1. The van der Waals surface area contributed by atoms with E-state index in [4.69, 9.17) is 9.72 Å². The van der Waals surface area contributed by atoms with Gasteiger partial charge in [0, 0.05) is 40.5 Å². The monoisotopic (exact) mass is 496 g/mol. The number of aromatic amines is 1. The third-order valence-corrected chi connectivity index (χ3v) is 5.55. The summed E-state index contributed by atoms with van der Waals surface area (Å²) in [5.41, 5.74) is 3.96. The van der Waals surface area contributed by atoms with Crippen molar-refractivity contribution >= 4 is 28.3 Å². The zero-order valence-electron chi connectivity index (χ0n) is 20.3. The highest BCUT2D eigenvalue weighted by atomic mass is 19.1. The lowest BCUT2D eigenvalue weighted by molar-refractivity contribution is -0.123. The number of benzene rings is 3. The predicted octanol–water partition coefficient (Wildman–Crippen LogP) is 5.47. The van der Waals surface area contributed by atoms with E-state index < -0.39 is 0 Å². The number of nitrogens with one attached hydrogen (secondary N) is 3. The van der Waals surface area contributed by atoms with Crippen LogP contribution in [0.15, 0.2) is 79.1 Å². The van der Waals surface area contributed by atoms with E-state index in [0.29, 0.717) is 33.9 Å². The average molecular weight is 497 g/mol. The number of carbonyl (C=O) groups excluding carboxylic acids is 1. The molecule has 186 valence electrons. The van der Waals surface area contributed by atoms with Gasteiger partial charge < -0.3 is 15.4 Å². The third kappa shape index (κ3) is 5.72. The van der Waals surface area contributed by atoms with Gasteiger partial charge in [-0.3, -0.25) is 9.89 Å². The van der Waals surface area contributed by atoms with Gasteiger partial charge in [-0.05, 0) is 55.8 Å². The number of anilines is 2. The zero-order chi connectivity index (χ0) is 25.8. The topological polar surface area (TPSA) is 105 Å². The summed E-state index contributed by atoms with van der Waals surface area (Å²) in [4.78, 5) is 21.3. The van der Waals surface area contributed by atoms with Crippen LogP contribution in [0.25, 0.3) is 33.4 Å². The summed E-state index contributed by atoms with van der Waals surface area (Å²) >= 11 is 0. The predicted molar refractivity (Wildman–Crippen MR) is 141 cm³/mol. The van der Waals surface area contributed by atoms with E-state index in [1.807, 2.05) is 50.4 Å². The van der Waals surface area contributed by atoms with Crippen LogP contribution >= 0.6 is 0 Å². The number of H-pyrrole nitrogens is 1. The number of aromatic nitrogens is 4. The van der Waals surface area contributed by atoms with Crippen molar-refractivity contribution in [1.82, 2.24) is 25.5 Å². The third-order valence-electron chi connectivity index (χ3n) is 5.55. The number of ether oxygens (including phenoxy) is 1. The maximum atomic E-state index is 14.1. The molecular formula is C28H25FN6O2. The second-order valence-corrected chi connectivity index (χ2v) is 8.79. The number of hydrogen-bond donors (Lipinski definition) is 3. The molecule has 0 fully saturated rings. The molecule has 0 aliphatic heterocycles. The molecule has 37 heavy (non-hydrogen) atoms. The van der Waals surface area contributed by atoms with Crippen molar-refractivity contribution in [3.8, 4) is 28.3 Å². The lowest BCUT2D eigenvalue weighted by atomic mass is 10.1. The number of hydrogen-bond acceptors (Lipinski definition) is 6. The Morgan fingerprint density at radius 3 is 2.59 bits per heavy atom. The van der Waals surface area contributed by atoms with Gasteiger partial charge in [0.1, 0.15) is 17.4 Å². The molecule has 5 rings (SSSR count). The van der Waals surface area contributed by atoms with Crippen LogP contribution in [0.2, 0.25) is 0 Å². The molecule has 9 heteroatoms. The SMILES string of the molecule is CC(C)NC(=O)COc1cccc(-c2nc(Nc3ccc(-c4cn[nH]c4)cc3)c3ccc(F)cc3n2)c1. The summed E-state index contributed by atoms with van der Waals surface area (Å²) < 4.78 is 19.7. The minimum absolute atomic E-state index is 0.0293. The quantitative estimate of drug-likeness (QED) is 0.263. The Kier molecular flexibility index (Phi) is 6.76. The van der Waals surface area contributed by atoms with E-state index >= 15 is 0 Å². The first-order chi connectivity index (χ1) is 17.9. The van der Waals surface area contributed by atoms with Crippen LogP contribution in [-0.2, 0) is 4.79 Å². The Balaban J connectivity index is 1.45. The molecule has 0 saturated heterocycles. The van der Waals surface area contributed by atoms with Crippen molar-refractivity contribution in [3.05, 3.63) is 84.9 Å². The number of halogens is 1. The standard InChI is InChI=1S/C28H25FN6O2/c1-17(2)32-26(36)16-37-23-5-3-4-19(12-23)27-34-25-13-21(29)8-11-24(25)28(35-27)33-22-9-6-18(7-10-22)20-14-30-31-15-20/h3-15,17H,16H2,1-2H3,(H,30,31)(H,32,36)(H,33,34,35). The average Bonchev–Trinajstić information content (AvgIpc) is 3.42. The summed E-state index contributed by atoms with van der Waals surface area (Å²) in [5, 5.41) is 13.6. The molecule has 2 heterocycles. The van der Waals surface area contributed by atoms with Crippen LogP contribution in [0.4, 0.5) is 15.9 Å². The minimum atomic E-state index is -0.388. The molecule has 0 radical (unpaired) electrons. The summed E-state index contributed by atoms with van der Waals surface area (Å²) in [6.45, 7) is 3.67. The Labute approximate surface area is 212 Å². The van der Waals surface area contributed by atoms with Gasteiger partial charge in [0.05, 0.1) is 11.7 Å². The highest BCUT2D eigenvalue weighted by Gasteiger charge is 2.13. The molecule has 8 nitrogen and oxygen atoms in total. The molecule has 2 aromatic heterocycles. The normalized spacial score (nSPS) is 11.0. The second kappa shape index (κ2) is 10.4. The molecule has 0 atom stereocenters. The van der Waals surface area contributed by atoms with Gasteiger partial charge in [0.25, 0.3) is 5.91 Å². The first-order valence-electron chi connectivity index (χ1n) is 11.8. The fourth-order valence-corrected chi connectivity index (χ4v) is 3.86. The van der Waals surface area contributed by atoms with E-state index in [-0.39, 0.29) is 24.4 Å². The molecule has 5 aromatic rings. The lowest BCUT2D eigenvalue weighted by Gasteiger charge is -2.13. The molecule has 0 spiro atoms. The van der Waals surface area contributed by atoms with Crippen LogP contribution in [-0.4, -0.2) is 38.7 Å². The van der Waals surface area contributed by atoms with Gasteiger partial charge in [0.2, 0.25) is 0 Å². The van der Waals surface area contributed by atoms with Gasteiger partial charge in [-0.15, -0.1) is 0 Å². The molecule has 3 aromatic carbocycles. The fourth-order valence-electron chi connectivity index (χ4n) is 3.86. The first-order valence-corrected chi connectivity index (χ1v) is 11.8. The van der Waals surface area contributed by atoms with Crippen molar-refractivity contribution < 1.29 is 13.9 Å². The number of nitrogens with zero attached hydrogens (tertiary/aromatic N) is 3. The Morgan fingerprint density at radius 2 is 1.84 bits per heavy atom. The zero-order valence-corrected chi connectivity index (χ0v) is 20.3. The Bertz CT molecular complexity index is 1530. The van der Waals surface area contributed by atoms with E-state index in [0.717, 1.165) is 16.8 Å². The highest BCUT2D eigenvalue weighted by molar-refractivity contribution is 5.92. The van der Waals surface area contributed by atoms with Gasteiger partial charge in [-0.2, -0.15) is 5.10 Å². The van der Waals surface area contributed by atoms with Gasteiger partial charge >= 0.3 is 0 Å². The van der Waals surface area contributed by atoms with Gasteiger partial charge in [0.15, 0.2) is 12.4 Å². The van der Waals surface area contributed by atoms with Crippen LogP contribution < -0.4 is 15.4 Å². The van der Waals surface area contributed by atoms with Crippen LogP contribution in [0.5, 0.6) is 5.75 Å². The van der Waals surface area contributed by atoms with Crippen molar-refractivity contribution in [2.45, 2.75) is 19.9 Å². The van der Waals surface area contributed by atoms with Gasteiger partial charge in [-0.1, -0.05) is 24.3 Å². The Morgan fingerprint density at radius 1 is 1.00 bits per heavy atom. The van der Waals surface area contributed by atoms with Crippen LogP contribution in [0.3, 0.4) is 0 Å². The maximum Gasteiger partial charge on any atom is 0.258 e. The van der Waals surface area contributed by atoms with Crippen LogP contribution in [0, 0.1) is 5.82 Å². The van der Waals surface area contributed by atoms with Crippen molar-refractivity contribution in [1.29, 1.82) is 0 Å². The number of amides is 1. The van der Waals surface area contributed by atoms with Gasteiger partial charge in [-0.25, -0.2) is 14.4 Å². The molecule has 0 unspecified atom stereocenters. The molecule has 0 aliphatic rings. The smallest absolute Gasteiger partial charge is 0.258 e. The van der Waals surface area contributed by atoms with Crippen molar-refractivity contribution in [2.24, 2.45) is 0 Å². The van der Waals surface area contributed by atoms with E-state index in [9.17, 15) is 9.18 Å². The number of carbonyl (C=O) groups is 1. The van der Waals surface area contributed by atoms with Crippen molar-refractivity contribution in [2.75, 3.05) is 11.9 Å².